The van der Waals surface area contributed by atoms with Crippen LogP contribution in [0.3, 0.4) is 0 Å². The van der Waals surface area contributed by atoms with Crippen molar-refractivity contribution in [1.29, 1.82) is 0 Å². The predicted molar refractivity (Wildman–Crippen MR) is 131 cm³/mol. The smallest absolute Gasteiger partial charge is 0.220 e. The molecule has 0 aliphatic heterocycles. The van der Waals surface area contributed by atoms with Gasteiger partial charge < -0.3 is 16.0 Å². The highest BCUT2D eigenvalue weighted by atomic mass is 16.1. The van der Waals surface area contributed by atoms with E-state index in [0.717, 1.165) is 38.8 Å². The van der Waals surface area contributed by atoms with E-state index in [1.807, 2.05) is 26.0 Å². The van der Waals surface area contributed by atoms with Crippen LogP contribution in [0.25, 0.3) is 0 Å². The van der Waals surface area contributed by atoms with Crippen LogP contribution in [0.15, 0.2) is 62.2 Å². The van der Waals surface area contributed by atoms with E-state index in [1.54, 1.807) is 0 Å². The number of unbranched alkanes of at least 4 members (excludes halogenated alkanes) is 2. The Morgan fingerprint density at radius 3 is 2.48 bits per heavy atom. The Morgan fingerprint density at radius 1 is 1.17 bits per heavy atom. The number of nitrogens with zero attached hydrogens (tertiary/aromatic N) is 1. The molecule has 29 heavy (non-hydrogen) atoms. The van der Waals surface area contributed by atoms with Crippen LogP contribution in [-0.2, 0) is 11.2 Å². The number of para-hydroxylation sites is 1. The molecule has 4 nitrogen and oxygen atoms in total. The second-order valence-electron chi connectivity index (χ2n) is 6.03. The Hall–Kier alpha value is -2.33. The van der Waals surface area contributed by atoms with Gasteiger partial charge in [-0.25, -0.2) is 0 Å². The van der Waals surface area contributed by atoms with Gasteiger partial charge in [-0.2, -0.15) is 0 Å². The first-order chi connectivity index (χ1) is 14.2. The first kappa shape index (κ1) is 28.9. The first-order valence-electron chi connectivity index (χ1n) is 10.8. The molecule has 0 unspecified atom stereocenters. The van der Waals surface area contributed by atoms with Gasteiger partial charge in [0.15, 0.2) is 0 Å². The van der Waals surface area contributed by atoms with Crippen molar-refractivity contribution in [1.82, 2.24) is 5.32 Å². The maximum Gasteiger partial charge on any atom is 0.220 e. The van der Waals surface area contributed by atoms with Crippen molar-refractivity contribution in [2.45, 2.75) is 52.9 Å². The summed E-state index contributed by atoms with van der Waals surface area (Å²) in [5.74, 6) is 0.108. The Labute approximate surface area is 179 Å². The van der Waals surface area contributed by atoms with Gasteiger partial charge in [-0.3, -0.25) is 4.79 Å². The lowest BCUT2D eigenvalue weighted by Gasteiger charge is -2.25. The zero-order valence-electron chi connectivity index (χ0n) is 19.0. The number of amides is 1. The van der Waals surface area contributed by atoms with Gasteiger partial charge in [0.25, 0.3) is 0 Å². The average molecular weight is 402 g/mol. The molecular weight excluding hydrogens is 358 g/mol. The molecule has 0 atom stereocenters. The van der Waals surface area contributed by atoms with Crippen LogP contribution in [0, 0.1) is 0 Å². The fourth-order valence-corrected chi connectivity index (χ4v) is 2.80. The minimum Gasteiger partial charge on any atom is -0.372 e. The number of hydrogen-bond donors (Lipinski definition) is 2. The third-order valence-corrected chi connectivity index (χ3v) is 4.12. The predicted octanol–water partition coefficient (Wildman–Crippen LogP) is 5.26. The summed E-state index contributed by atoms with van der Waals surface area (Å²) >= 11 is 0. The quantitative estimate of drug-likeness (QED) is 0.269. The van der Waals surface area contributed by atoms with Crippen molar-refractivity contribution in [2.24, 2.45) is 5.73 Å². The Kier molecular flexibility index (Phi) is 21.9. The van der Waals surface area contributed by atoms with Gasteiger partial charge in [0.2, 0.25) is 5.91 Å². The number of nitrogens with one attached hydrogen (secondary N) is 1. The first-order valence-corrected chi connectivity index (χ1v) is 10.8. The van der Waals surface area contributed by atoms with Crippen LogP contribution >= 0.6 is 0 Å². The molecule has 0 saturated heterocycles. The maximum absolute atomic E-state index is 11.6. The van der Waals surface area contributed by atoms with E-state index in [2.05, 4.69) is 67.2 Å². The lowest BCUT2D eigenvalue weighted by molar-refractivity contribution is -0.121. The van der Waals surface area contributed by atoms with Crippen molar-refractivity contribution in [3.8, 4) is 0 Å². The maximum atomic E-state index is 11.6. The number of benzene rings is 1. The summed E-state index contributed by atoms with van der Waals surface area (Å²) in [6.45, 7) is 19.0. The standard InChI is InChI=1S/C21H33N3O.C2H6.C2H4/c1-3-5-7-12-19-13-9-10-14-20(19)24(4-2)18-11-6-8-15-21(25)23-17-16-22;2*1-2/h3,5,7,9-10,13-14H,1,4,6,8,11-12,15-18,22H2,2H3,(H,23,25);1-2H3;1-2H2/b7-5-;;. The second-order valence-corrected chi connectivity index (χ2v) is 6.03. The molecule has 1 aromatic rings. The highest BCUT2D eigenvalue weighted by molar-refractivity contribution is 5.75. The summed E-state index contributed by atoms with van der Waals surface area (Å²) in [5.41, 5.74) is 8.02. The van der Waals surface area contributed by atoms with Crippen LogP contribution < -0.4 is 16.0 Å². The molecule has 0 aliphatic carbocycles. The molecule has 1 rings (SSSR count). The molecule has 164 valence electrons. The van der Waals surface area contributed by atoms with Crippen molar-refractivity contribution in [3.63, 3.8) is 0 Å². The van der Waals surface area contributed by atoms with Gasteiger partial charge >= 0.3 is 0 Å². The molecular formula is C25H43N3O. The SMILES string of the molecule is C=C.C=C/C=C\Cc1ccccc1N(CC)CCCCCC(=O)NCCN.CC. The Morgan fingerprint density at radius 2 is 1.86 bits per heavy atom. The number of rotatable bonds is 13. The van der Waals surface area contributed by atoms with Crippen LogP contribution in [0.2, 0.25) is 0 Å². The van der Waals surface area contributed by atoms with Gasteiger partial charge in [0.1, 0.15) is 0 Å². The summed E-state index contributed by atoms with van der Waals surface area (Å²) < 4.78 is 0. The number of carbonyl (C=O) groups excluding carboxylic acids is 1. The zero-order valence-corrected chi connectivity index (χ0v) is 19.0. The number of carbonyl (C=O) groups is 1. The fraction of sp³-hybridized carbons (Fsp3) is 0.480. The Bertz CT molecular complexity index is 555. The highest BCUT2D eigenvalue weighted by Crippen LogP contribution is 2.22. The molecule has 3 N–H and O–H groups in total. The van der Waals surface area contributed by atoms with Crippen LogP contribution in [0.5, 0.6) is 0 Å². The highest BCUT2D eigenvalue weighted by Gasteiger charge is 2.08. The number of hydrogen-bond acceptors (Lipinski definition) is 3. The van der Waals surface area contributed by atoms with Gasteiger partial charge in [0, 0.05) is 38.3 Å². The van der Waals surface area contributed by atoms with Crippen molar-refractivity contribution >= 4 is 11.6 Å². The average Bonchev–Trinajstić information content (AvgIpc) is 2.78. The van der Waals surface area contributed by atoms with Gasteiger partial charge in [-0.05, 0) is 37.8 Å². The third-order valence-electron chi connectivity index (χ3n) is 4.12. The third kappa shape index (κ3) is 14.3. The van der Waals surface area contributed by atoms with E-state index >= 15 is 0 Å². The molecule has 1 aromatic carbocycles. The van der Waals surface area contributed by atoms with Crippen LogP contribution in [-0.4, -0.2) is 32.1 Å². The number of nitrogens with two attached hydrogens (primary N) is 1. The molecule has 0 aromatic heterocycles. The summed E-state index contributed by atoms with van der Waals surface area (Å²) in [6.07, 6.45) is 10.5. The Balaban J connectivity index is 0. The van der Waals surface area contributed by atoms with Gasteiger partial charge in [-0.15, -0.1) is 13.2 Å². The molecule has 0 spiro atoms. The van der Waals surface area contributed by atoms with E-state index in [-0.39, 0.29) is 5.91 Å². The lowest BCUT2D eigenvalue weighted by Crippen LogP contribution is -2.28. The molecule has 0 radical (unpaired) electrons. The van der Waals surface area contributed by atoms with E-state index in [0.29, 0.717) is 19.5 Å². The van der Waals surface area contributed by atoms with Crippen molar-refractivity contribution < 1.29 is 4.79 Å². The summed E-state index contributed by atoms with van der Waals surface area (Å²) in [7, 11) is 0. The normalized spacial score (nSPS) is 9.66. The van der Waals surface area contributed by atoms with Gasteiger partial charge in [0.05, 0.1) is 0 Å². The van der Waals surface area contributed by atoms with E-state index in [4.69, 9.17) is 5.73 Å². The van der Waals surface area contributed by atoms with E-state index in [9.17, 15) is 4.79 Å². The molecule has 4 heteroatoms. The van der Waals surface area contributed by atoms with Crippen LogP contribution in [0.1, 0.15) is 52.0 Å². The molecule has 1 amide bonds. The van der Waals surface area contributed by atoms with Crippen molar-refractivity contribution in [2.75, 3.05) is 31.1 Å². The van der Waals surface area contributed by atoms with Crippen LogP contribution in [0.4, 0.5) is 5.69 Å². The molecule has 0 fully saturated rings. The van der Waals surface area contributed by atoms with Crippen molar-refractivity contribution in [3.05, 3.63) is 67.8 Å². The van der Waals surface area contributed by atoms with E-state index in [1.165, 1.54) is 11.3 Å². The minimum absolute atomic E-state index is 0.108. The lowest BCUT2D eigenvalue weighted by atomic mass is 10.1. The van der Waals surface area contributed by atoms with E-state index < -0.39 is 0 Å². The second kappa shape index (κ2) is 22.0. The molecule has 0 heterocycles. The number of allylic oxidation sites excluding steroid dienone is 3. The minimum atomic E-state index is 0.108. The fourth-order valence-electron chi connectivity index (χ4n) is 2.80. The summed E-state index contributed by atoms with van der Waals surface area (Å²) in [6, 6.07) is 8.57. The summed E-state index contributed by atoms with van der Waals surface area (Å²) in [4.78, 5) is 14.0. The topological polar surface area (TPSA) is 58.4 Å². The van der Waals surface area contributed by atoms with Gasteiger partial charge in [-0.1, -0.05) is 63.3 Å². The largest absolute Gasteiger partial charge is 0.372 e. The summed E-state index contributed by atoms with van der Waals surface area (Å²) in [5, 5.41) is 2.81. The monoisotopic (exact) mass is 401 g/mol. The molecule has 0 aliphatic rings. The number of anilines is 1. The zero-order chi connectivity index (χ0) is 22.3. The molecule has 0 bridgehead atoms. The molecule has 0 saturated carbocycles.